The van der Waals surface area contributed by atoms with E-state index in [1.807, 2.05) is 32.0 Å². The number of carbonyl (C=O) groups excluding carboxylic acids is 2. The van der Waals surface area contributed by atoms with Crippen molar-refractivity contribution in [1.29, 1.82) is 0 Å². The highest BCUT2D eigenvalue weighted by Crippen LogP contribution is 2.31. The van der Waals surface area contributed by atoms with Gasteiger partial charge in [0.05, 0.1) is 11.8 Å². The Morgan fingerprint density at radius 3 is 2.57 bits per heavy atom. The highest BCUT2D eigenvalue weighted by Gasteiger charge is 2.33. The van der Waals surface area contributed by atoms with Gasteiger partial charge in [-0.25, -0.2) is 4.68 Å². The molecule has 0 spiro atoms. The molecule has 0 aliphatic carbocycles. The molecule has 1 aromatic carbocycles. The third kappa shape index (κ3) is 4.35. The van der Waals surface area contributed by atoms with E-state index in [0.717, 1.165) is 0 Å². The monoisotopic (exact) mass is 432 g/mol. The lowest BCUT2D eigenvalue weighted by Gasteiger charge is -2.37. The van der Waals surface area contributed by atoms with E-state index in [1.165, 1.54) is 11.8 Å². The zero-order valence-electron chi connectivity index (χ0n) is 16.9. The van der Waals surface area contributed by atoms with E-state index < -0.39 is 6.10 Å². The largest absolute Gasteiger partial charge is 0.485 e. The first-order valence-electron chi connectivity index (χ1n) is 9.88. The lowest BCUT2D eigenvalue weighted by atomic mass is 10.2. The number of carbonyl (C=O) groups is 2. The van der Waals surface area contributed by atoms with Crippen molar-refractivity contribution < 1.29 is 19.1 Å². The van der Waals surface area contributed by atoms with Crippen molar-refractivity contribution >= 4 is 23.6 Å². The maximum absolute atomic E-state index is 12.8. The molecule has 4 rings (SSSR count). The van der Waals surface area contributed by atoms with Gasteiger partial charge in [-0.15, -0.1) is 5.10 Å². The normalized spacial score (nSPS) is 18.6. The van der Waals surface area contributed by atoms with Crippen LogP contribution in [0.5, 0.6) is 11.5 Å². The summed E-state index contributed by atoms with van der Waals surface area (Å²) in [6.45, 7) is 6.09. The van der Waals surface area contributed by atoms with Crippen LogP contribution >= 0.6 is 11.8 Å². The van der Waals surface area contributed by atoms with Gasteiger partial charge in [-0.1, -0.05) is 23.9 Å². The van der Waals surface area contributed by atoms with E-state index in [9.17, 15) is 9.59 Å². The molecule has 160 valence electrons. The Morgan fingerprint density at radius 1 is 1.13 bits per heavy atom. The molecule has 11 heteroatoms. The van der Waals surface area contributed by atoms with Gasteiger partial charge in [0, 0.05) is 26.2 Å². The molecule has 1 saturated heterocycles. The van der Waals surface area contributed by atoms with E-state index in [4.69, 9.17) is 9.47 Å². The van der Waals surface area contributed by atoms with Gasteiger partial charge in [0.2, 0.25) is 17.2 Å². The van der Waals surface area contributed by atoms with E-state index in [2.05, 4.69) is 15.5 Å². The van der Waals surface area contributed by atoms with Gasteiger partial charge < -0.3 is 19.3 Å². The number of piperazine rings is 1. The molecule has 1 fully saturated rings. The van der Waals surface area contributed by atoms with Crippen LogP contribution in [0.15, 0.2) is 29.4 Å². The molecular formula is C19H24N6O4S. The number of hydrogen-bond donors (Lipinski definition) is 0. The van der Waals surface area contributed by atoms with Crippen LogP contribution < -0.4 is 9.47 Å². The summed E-state index contributed by atoms with van der Waals surface area (Å²) in [7, 11) is 0. The number of hydrogen-bond acceptors (Lipinski definition) is 8. The SMILES string of the molecule is CC(C)n1nnnc1SCC(=O)N1CCN(C(=O)[C@H]2COc3ccccc3O2)CC1. The molecule has 0 N–H and O–H groups in total. The standard InChI is InChI=1S/C19H24N6O4S/c1-13(2)25-19(20-21-22-25)30-12-17(26)23-7-9-24(10-8-23)18(27)16-11-28-14-5-3-4-6-15(14)29-16/h3-6,13,16H,7-12H2,1-2H3/t16-/m1/s1. The third-order valence-corrected chi connectivity index (χ3v) is 5.92. The van der Waals surface area contributed by atoms with Crippen LogP contribution in [0.2, 0.25) is 0 Å². The summed E-state index contributed by atoms with van der Waals surface area (Å²) in [6, 6.07) is 7.45. The minimum atomic E-state index is -0.660. The van der Waals surface area contributed by atoms with Gasteiger partial charge in [0.25, 0.3) is 5.91 Å². The molecule has 30 heavy (non-hydrogen) atoms. The van der Waals surface area contributed by atoms with Gasteiger partial charge in [0.1, 0.15) is 6.61 Å². The highest BCUT2D eigenvalue weighted by molar-refractivity contribution is 7.99. The minimum absolute atomic E-state index is 0.0107. The first kappa shape index (κ1) is 20.5. The molecule has 2 aromatic rings. The van der Waals surface area contributed by atoms with Crippen molar-refractivity contribution in [1.82, 2.24) is 30.0 Å². The molecule has 0 bridgehead atoms. The summed E-state index contributed by atoms with van der Waals surface area (Å²) in [5.41, 5.74) is 0. The Hall–Kier alpha value is -2.82. The number of amides is 2. The second-order valence-electron chi connectivity index (χ2n) is 7.36. The summed E-state index contributed by atoms with van der Waals surface area (Å²) >= 11 is 1.33. The van der Waals surface area contributed by atoms with Gasteiger partial charge >= 0.3 is 0 Å². The van der Waals surface area contributed by atoms with Crippen LogP contribution in [0.25, 0.3) is 0 Å². The van der Waals surface area contributed by atoms with Crippen LogP contribution in [-0.4, -0.2) is 86.5 Å². The van der Waals surface area contributed by atoms with E-state index in [1.54, 1.807) is 20.5 Å². The number of benzene rings is 1. The molecule has 0 radical (unpaired) electrons. The Morgan fingerprint density at radius 2 is 1.83 bits per heavy atom. The summed E-state index contributed by atoms with van der Waals surface area (Å²) in [5, 5.41) is 12.2. The predicted octanol–water partition coefficient (Wildman–Crippen LogP) is 0.857. The predicted molar refractivity (Wildman–Crippen MR) is 108 cm³/mol. The van der Waals surface area contributed by atoms with Crippen LogP contribution in [0, 0.1) is 0 Å². The summed E-state index contributed by atoms with van der Waals surface area (Å²) in [5.74, 6) is 1.39. The Labute approximate surface area is 178 Å². The van der Waals surface area contributed by atoms with Crippen molar-refractivity contribution in [3.63, 3.8) is 0 Å². The summed E-state index contributed by atoms with van der Waals surface area (Å²) < 4.78 is 13.1. The quantitative estimate of drug-likeness (QED) is 0.641. The zero-order chi connectivity index (χ0) is 21.1. The summed E-state index contributed by atoms with van der Waals surface area (Å²) in [6.07, 6.45) is -0.660. The van der Waals surface area contributed by atoms with Gasteiger partial charge in [-0.2, -0.15) is 0 Å². The second kappa shape index (κ2) is 8.90. The molecule has 2 aliphatic rings. The number of para-hydroxylation sites is 2. The van der Waals surface area contributed by atoms with Gasteiger partial charge in [0.15, 0.2) is 11.5 Å². The topological polar surface area (TPSA) is 103 Å². The Kier molecular flexibility index (Phi) is 6.07. The zero-order valence-corrected chi connectivity index (χ0v) is 17.7. The van der Waals surface area contributed by atoms with E-state index >= 15 is 0 Å². The number of tetrazole rings is 1. The van der Waals surface area contributed by atoms with Crippen LogP contribution in [0.4, 0.5) is 0 Å². The van der Waals surface area contributed by atoms with Crippen LogP contribution in [-0.2, 0) is 9.59 Å². The lowest BCUT2D eigenvalue weighted by Crippen LogP contribution is -2.55. The molecule has 2 amide bonds. The Balaban J connectivity index is 1.26. The fourth-order valence-corrected chi connectivity index (χ4v) is 4.25. The minimum Gasteiger partial charge on any atom is -0.485 e. The first-order valence-corrected chi connectivity index (χ1v) is 10.9. The van der Waals surface area contributed by atoms with Crippen molar-refractivity contribution in [2.45, 2.75) is 31.1 Å². The van der Waals surface area contributed by atoms with Crippen molar-refractivity contribution in [2.24, 2.45) is 0 Å². The van der Waals surface area contributed by atoms with Crippen LogP contribution in [0.1, 0.15) is 19.9 Å². The number of ether oxygens (including phenoxy) is 2. The van der Waals surface area contributed by atoms with E-state index in [0.29, 0.717) is 42.8 Å². The summed E-state index contributed by atoms with van der Waals surface area (Å²) in [4.78, 5) is 28.9. The fraction of sp³-hybridized carbons (Fsp3) is 0.526. The number of thioether (sulfide) groups is 1. The number of nitrogens with zero attached hydrogens (tertiary/aromatic N) is 6. The molecule has 1 aromatic heterocycles. The lowest BCUT2D eigenvalue weighted by molar-refractivity contribution is -0.145. The number of aromatic nitrogens is 4. The Bertz CT molecular complexity index is 912. The molecule has 2 aliphatic heterocycles. The van der Waals surface area contributed by atoms with Crippen molar-refractivity contribution in [2.75, 3.05) is 38.5 Å². The molecule has 0 saturated carbocycles. The highest BCUT2D eigenvalue weighted by atomic mass is 32.2. The number of fused-ring (bicyclic) bond motifs is 1. The third-order valence-electron chi connectivity index (χ3n) is 5.00. The molecule has 3 heterocycles. The smallest absolute Gasteiger partial charge is 0.267 e. The van der Waals surface area contributed by atoms with Crippen molar-refractivity contribution in [3.8, 4) is 11.5 Å². The average Bonchev–Trinajstić information content (AvgIpc) is 3.26. The second-order valence-corrected chi connectivity index (χ2v) is 8.30. The fourth-order valence-electron chi connectivity index (χ4n) is 3.34. The van der Waals surface area contributed by atoms with E-state index in [-0.39, 0.29) is 30.2 Å². The average molecular weight is 433 g/mol. The molecule has 1 atom stereocenters. The number of rotatable bonds is 5. The van der Waals surface area contributed by atoms with Gasteiger partial charge in [-0.3, -0.25) is 9.59 Å². The maximum Gasteiger partial charge on any atom is 0.267 e. The van der Waals surface area contributed by atoms with Gasteiger partial charge in [-0.05, 0) is 36.4 Å². The maximum atomic E-state index is 12.8. The molecule has 10 nitrogen and oxygen atoms in total. The molecular weight excluding hydrogens is 408 g/mol. The first-order chi connectivity index (χ1) is 14.5. The molecule has 0 unspecified atom stereocenters. The van der Waals surface area contributed by atoms with Crippen LogP contribution in [0.3, 0.4) is 0 Å². The van der Waals surface area contributed by atoms with Crippen molar-refractivity contribution in [3.05, 3.63) is 24.3 Å².